The Hall–Kier alpha value is -0.830. The smallest absolute Gasteiger partial charge is 0.0636 e. The zero-order valence-corrected chi connectivity index (χ0v) is 13.2. The number of hydrogen-bond acceptors (Lipinski definition) is 2. The van der Waals surface area contributed by atoms with E-state index in [1.54, 1.807) is 16.9 Å². The summed E-state index contributed by atoms with van der Waals surface area (Å²) >= 11 is 8.24. The van der Waals surface area contributed by atoms with Gasteiger partial charge in [-0.1, -0.05) is 41.4 Å². The number of halogens is 1. The lowest BCUT2D eigenvalue weighted by molar-refractivity contribution is 0.635. The van der Waals surface area contributed by atoms with Gasteiger partial charge in [-0.3, -0.25) is 0 Å². The third-order valence-corrected chi connectivity index (χ3v) is 5.61. The van der Waals surface area contributed by atoms with Gasteiger partial charge in [-0.2, -0.15) is 0 Å². The van der Waals surface area contributed by atoms with Crippen molar-refractivity contribution in [3.05, 3.63) is 45.8 Å². The molecule has 1 aliphatic carbocycles. The first kappa shape index (κ1) is 14.1. The number of hydrogen-bond donors (Lipinski definition) is 1. The quantitative estimate of drug-likeness (QED) is 0.565. The Labute approximate surface area is 129 Å². The van der Waals surface area contributed by atoms with Gasteiger partial charge in [-0.15, -0.1) is 11.3 Å². The molecule has 0 unspecified atom stereocenters. The minimum atomic E-state index is 0.880. The maximum atomic E-state index is 6.44. The zero-order valence-electron chi connectivity index (χ0n) is 11.6. The minimum absolute atomic E-state index is 0.880. The predicted octanol–water partition coefficient (Wildman–Crippen LogP) is 5.53. The monoisotopic (exact) mass is 305 g/mol. The topological polar surface area (TPSA) is 12.0 Å². The molecule has 0 radical (unpaired) electrons. The van der Waals surface area contributed by atoms with E-state index in [9.17, 15) is 0 Å². The second-order valence-corrected chi connectivity index (χ2v) is 6.89. The second-order valence-electron chi connectivity index (χ2n) is 5.37. The summed E-state index contributed by atoms with van der Waals surface area (Å²) in [5.74, 6) is 0. The SMILES string of the molecule is Clc1c(CNCCC2=CCCCC2)sc2ccccc12. The lowest BCUT2D eigenvalue weighted by atomic mass is 9.97. The van der Waals surface area contributed by atoms with Crippen LogP contribution in [0.1, 0.15) is 37.0 Å². The van der Waals surface area contributed by atoms with Gasteiger partial charge in [0.05, 0.1) is 5.02 Å². The summed E-state index contributed by atoms with van der Waals surface area (Å²) in [6, 6.07) is 8.36. The molecule has 1 aliphatic rings. The number of thiophene rings is 1. The first-order valence-corrected chi connectivity index (χ1v) is 8.58. The molecule has 1 aromatic carbocycles. The highest BCUT2D eigenvalue weighted by molar-refractivity contribution is 7.19. The molecule has 2 aromatic rings. The van der Waals surface area contributed by atoms with E-state index < -0.39 is 0 Å². The van der Waals surface area contributed by atoms with Crippen LogP contribution in [0.15, 0.2) is 35.9 Å². The number of nitrogens with one attached hydrogen (secondary N) is 1. The van der Waals surface area contributed by atoms with Gasteiger partial charge in [0.1, 0.15) is 0 Å². The molecule has 1 N–H and O–H groups in total. The summed E-state index contributed by atoms with van der Waals surface area (Å²) in [7, 11) is 0. The molecule has 3 heteroatoms. The largest absolute Gasteiger partial charge is 0.311 e. The average molecular weight is 306 g/mol. The van der Waals surface area contributed by atoms with Gasteiger partial charge in [0, 0.05) is 21.5 Å². The molecule has 106 valence electrons. The maximum Gasteiger partial charge on any atom is 0.0636 e. The van der Waals surface area contributed by atoms with E-state index in [0.29, 0.717) is 0 Å². The summed E-state index contributed by atoms with van der Waals surface area (Å²) in [5.41, 5.74) is 1.63. The van der Waals surface area contributed by atoms with Crippen molar-refractivity contribution < 1.29 is 0 Å². The van der Waals surface area contributed by atoms with Crippen molar-refractivity contribution in [1.82, 2.24) is 5.32 Å². The van der Waals surface area contributed by atoms with Crippen LogP contribution >= 0.6 is 22.9 Å². The lowest BCUT2D eigenvalue weighted by Crippen LogP contribution is -2.15. The highest BCUT2D eigenvalue weighted by atomic mass is 35.5. The predicted molar refractivity (Wildman–Crippen MR) is 89.7 cm³/mol. The molecule has 0 amide bonds. The van der Waals surface area contributed by atoms with Gasteiger partial charge in [-0.25, -0.2) is 0 Å². The first-order valence-electron chi connectivity index (χ1n) is 7.39. The van der Waals surface area contributed by atoms with Gasteiger partial charge >= 0.3 is 0 Å². The molecule has 1 nitrogen and oxygen atoms in total. The third-order valence-electron chi connectivity index (χ3n) is 3.89. The summed E-state index contributed by atoms with van der Waals surface area (Å²) in [4.78, 5) is 1.26. The summed E-state index contributed by atoms with van der Waals surface area (Å²) in [5, 5.41) is 5.65. The molecule has 0 aliphatic heterocycles. The highest BCUT2D eigenvalue weighted by Crippen LogP contribution is 2.34. The van der Waals surface area contributed by atoms with E-state index in [-0.39, 0.29) is 0 Å². The van der Waals surface area contributed by atoms with Crippen LogP contribution in [0, 0.1) is 0 Å². The molecule has 1 heterocycles. The van der Waals surface area contributed by atoms with E-state index in [1.807, 2.05) is 6.07 Å². The number of fused-ring (bicyclic) bond motifs is 1. The molecule has 20 heavy (non-hydrogen) atoms. The zero-order chi connectivity index (χ0) is 13.8. The van der Waals surface area contributed by atoms with Crippen molar-refractivity contribution in [2.45, 2.75) is 38.6 Å². The van der Waals surface area contributed by atoms with Crippen molar-refractivity contribution in [3.63, 3.8) is 0 Å². The molecule has 3 rings (SSSR count). The van der Waals surface area contributed by atoms with E-state index in [2.05, 4.69) is 29.6 Å². The van der Waals surface area contributed by atoms with E-state index >= 15 is 0 Å². The van der Waals surface area contributed by atoms with Crippen LogP contribution in [0.3, 0.4) is 0 Å². The van der Waals surface area contributed by atoms with Gasteiger partial charge in [0.2, 0.25) is 0 Å². The molecular formula is C17H20ClNS. The number of allylic oxidation sites excluding steroid dienone is 1. The Morgan fingerprint density at radius 2 is 2.10 bits per heavy atom. The molecule has 0 spiro atoms. The summed E-state index contributed by atoms with van der Waals surface area (Å²) in [6.07, 6.45) is 8.92. The fourth-order valence-corrected chi connectivity index (χ4v) is 4.23. The highest BCUT2D eigenvalue weighted by Gasteiger charge is 2.09. The standard InChI is InChI=1S/C17H20ClNS/c18-17-14-8-4-5-9-15(14)20-16(17)12-19-11-10-13-6-2-1-3-7-13/h4-6,8-9,19H,1-3,7,10-12H2. The van der Waals surface area contributed by atoms with E-state index in [0.717, 1.165) is 18.1 Å². The summed E-state index contributed by atoms with van der Waals surface area (Å²) < 4.78 is 1.28. The molecule has 0 atom stereocenters. The molecule has 0 bridgehead atoms. The first-order chi connectivity index (χ1) is 9.84. The number of benzene rings is 1. The van der Waals surface area contributed by atoms with Crippen LogP contribution < -0.4 is 5.32 Å². The van der Waals surface area contributed by atoms with Gasteiger partial charge in [0.15, 0.2) is 0 Å². The van der Waals surface area contributed by atoms with Crippen LogP contribution in [0.2, 0.25) is 5.02 Å². The Bertz CT molecular complexity index is 614. The van der Waals surface area contributed by atoms with E-state index in [1.165, 1.54) is 47.1 Å². The van der Waals surface area contributed by atoms with Crippen molar-refractivity contribution in [2.75, 3.05) is 6.54 Å². The van der Waals surface area contributed by atoms with Crippen LogP contribution in [-0.4, -0.2) is 6.54 Å². The third kappa shape index (κ3) is 3.25. The molecular weight excluding hydrogens is 286 g/mol. The molecule has 0 saturated carbocycles. The fourth-order valence-electron chi connectivity index (χ4n) is 2.76. The lowest BCUT2D eigenvalue weighted by Gasteiger charge is -2.12. The van der Waals surface area contributed by atoms with Gasteiger partial charge < -0.3 is 5.32 Å². The van der Waals surface area contributed by atoms with Crippen LogP contribution in [0.5, 0.6) is 0 Å². The Balaban J connectivity index is 1.54. The average Bonchev–Trinajstić information content (AvgIpc) is 2.82. The van der Waals surface area contributed by atoms with Gasteiger partial charge in [0.25, 0.3) is 0 Å². The van der Waals surface area contributed by atoms with Crippen molar-refractivity contribution in [1.29, 1.82) is 0 Å². The Morgan fingerprint density at radius 1 is 1.20 bits per heavy atom. The normalized spacial score (nSPS) is 15.6. The number of rotatable bonds is 5. The summed E-state index contributed by atoms with van der Waals surface area (Å²) in [6.45, 7) is 1.93. The van der Waals surface area contributed by atoms with Crippen molar-refractivity contribution >= 4 is 33.0 Å². The van der Waals surface area contributed by atoms with E-state index in [4.69, 9.17) is 11.6 Å². The molecule has 0 saturated heterocycles. The van der Waals surface area contributed by atoms with Crippen molar-refractivity contribution in [2.24, 2.45) is 0 Å². The van der Waals surface area contributed by atoms with Crippen LogP contribution in [-0.2, 0) is 6.54 Å². The van der Waals surface area contributed by atoms with Crippen molar-refractivity contribution in [3.8, 4) is 0 Å². The van der Waals surface area contributed by atoms with Gasteiger partial charge in [-0.05, 0) is 44.7 Å². The maximum absolute atomic E-state index is 6.44. The Kier molecular flexibility index (Phi) is 4.77. The molecule has 1 aromatic heterocycles. The fraction of sp³-hybridized carbons (Fsp3) is 0.412. The minimum Gasteiger partial charge on any atom is -0.311 e. The van der Waals surface area contributed by atoms with Crippen LogP contribution in [0.25, 0.3) is 10.1 Å². The molecule has 0 fully saturated rings. The Morgan fingerprint density at radius 3 is 2.90 bits per heavy atom. The second kappa shape index (κ2) is 6.75. The van der Waals surface area contributed by atoms with Crippen LogP contribution in [0.4, 0.5) is 0 Å².